The molecule has 27 heavy (non-hydrogen) atoms. The Morgan fingerprint density at radius 2 is 2.00 bits per heavy atom. The first kappa shape index (κ1) is 17.3. The van der Waals surface area contributed by atoms with E-state index in [0.717, 1.165) is 28.1 Å². The number of thiophene rings is 1. The van der Waals surface area contributed by atoms with Crippen LogP contribution in [0.2, 0.25) is 0 Å². The van der Waals surface area contributed by atoms with Gasteiger partial charge >= 0.3 is 5.97 Å². The van der Waals surface area contributed by atoms with Gasteiger partial charge in [-0.3, -0.25) is 9.36 Å². The smallest absolute Gasteiger partial charge is 0.303 e. The number of para-hydroxylation sites is 1. The number of imidazole rings is 1. The molecule has 2 heterocycles. The van der Waals surface area contributed by atoms with E-state index in [1.54, 1.807) is 11.3 Å². The monoisotopic (exact) mass is 378 g/mol. The van der Waals surface area contributed by atoms with Gasteiger partial charge in [0, 0.05) is 29.1 Å². The second-order valence-corrected chi connectivity index (χ2v) is 6.89. The highest BCUT2D eigenvalue weighted by molar-refractivity contribution is 7.08. The number of benzene rings is 2. The summed E-state index contributed by atoms with van der Waals surface area (Å²) in [6.45, 7) is 0.370. The largest absolute Gasteiger partial charge is 0.494 e. The van der Waals surface area contributed by atoms with Gasteiger partial charge in [0.2, 0.25) is 0 Å². The average Bonchev–Trinajstić information content (AvgIpc) is 3.33. The summed E-state index contributed by atoms with van der Waals surface area (Å²) < 4.78 is 7.88. The molecule has 4 rings (SSSR count). The lowest BCUT2D eigenvalue weighted by molar-refractivity contribution is -0.137. The van der Waals surface area contributed by atoms with Crippen molar-refractivity contribution in [1.82, 2.24) is 9.55 Å². The number of carbonyl (C=O) groups is 1. The molecule has 0 bridgehead atoms. The number of ether oxygens (including phenoxy) is 1. The molecule has 1 N–H and O–H groups in total. The van der Waals surface area contributed by atoms with Crippen LogP contribution < -0.4 is 4.74 Å². The minimum absolute atomic E-state index is 0.104. The van der Waals surface area contributed by atoms with Gasteiger partial charge in [0.15, 0.2) is 0 Å². The normalized spacial score (nSPS) is 11.0. The number of hydrogen-bond acceptors (Lipinski definition) is 4. The van der Waals surface area contributed by atoms with Crippen LogP contribution in [0.25, 0.3) is 28.1 Å². The van der Waals surface area contributed by atoms with Crippen molar-refractivity contribution in [3.05, 3.63) is 65.4 Å². The molecule has 0 aliphatic heterocycles. The first-order valence-electron chi connectivity index (χ1n) is 8.67. The first-order chi connectivity index (χ1) is 13.2. The number of fused-ring (bicyclic) bond motifs is 1. The molecule has 0 saturated carbocycles. The van der Waals surface area contributed by atoms with E-state index in [-0.39, 0.29) is 6.42 Å². The first-order valence-corrected chi connectivity index (χ1v) is 9.62. The highest BCUT2D eigenvalue weighted by Gasteiger charge is 2.15. The maximum absolute atomic E-state index is 10.6. The van der Waals surface area contributed by atoms with E-state index in [4.69, 9.17) is 14.8 Å². The highest BCUT2D eigenvalue weighted by Crippen LogP contribution is 2.31. The van der Waals surface area contributed by atoms with E-state index < -0.39 is 5.97 Å². The van der Waals surface area contributed by atoms with Gasteiger partial charge in [0.25, 0.3) is 0 Å². The molecule has 2 aromatic carbocycles. The Hall–Kier alpha value is -3.12. The lowest BCUT2D eigenvalue weighted by Gasteiger charge is -2.10. The predicted molar refractivity (Wildman–Crippen MR) is 107 cm³/mol. The average molecular weight is 378 g/mol. The van der Waals surface area contributed by atoms with Gasteiger partial charge in [-0.05, 0) is 42.1 Å². The quantitative estimate of drug-likeness (QED) is 0.460. The fourth-order valence-corrected chi connectivity index (χ4v) is 3.62. The van der Waals surface area contributed by atoms with Crippen molar-refractivity contribution >= 4 is 28.3 Å². The molecule has 4 aromatic rings. The molecular weight excluding hydrogens is 360 g/mol. The third kappa shape index (κ3) is 3.71. The number of rotatable bonds is 7. The third-order valence-corrected chi connectivity index (χ3v) is 4.91. The van der Waals surface area contributed by atoms with Crippen molar-refractivity contribution in [3.63, 3.8) is 0 Å². The molecule has 0 atom stereocenters. The summed E-state index contributed by atoms with van der Waals surface area (Å²) in [4.78, 5) is 15.5. The molecule has 5 nitrogen and oxygen atoms in total. The van der Waals surface area contributed by atoms with Gasteiger partial charge in [-0.25, -0.2) is 4.98 Å². The van der Waals surface area contributed by atoms with Gasteiger partial charge in [0.05, 0.1) is 17.6 Å². The van der Waals surface area contributed by atoms with Crippen molar-refractivity contribution in [3.8, 4) is 22.8 Å². The molecule has 0 aliphatic carbocycles. The number of aliphatic carboxylic acids is 1. The summed E-state index contributed by atoms with van der Waals surface area (Å²) in [5, 5.41) is 12.9. The summed E-state index contributed by atoms with van der Waals surface area (Å²) in [5.74, 6) is 0.791. The number of carboxylic acids is 1. The van der Waals surface area contributed by atoms with Crippen molar-refractivity contribution in [2.24, 2.45) is 0 Å². The number of aromatic nitrogens is 2. The van der Waals surface area contributed by atoms with E-state index in [0.29, 0.717) is 18.8 Å². The van der Waals surface area contributed by atoms with Crippen LogP contribution in [0.4, 0.5) is 0 Å². The fourth-order valence-electron chi connectivity index (χ4n) is 2.98. The Balaban J connectivity index is 1.74. The van der Waals surface area contributed by atoms with Crippen LogP contribution >= 0.6 is 11.3 Å². The second-order valence-electron chi connectivity index (χ2n) is 6.11. The molecule has 0 fully saturated rings. The van der Waals surface area contributed by atoms with E-state index in [1.165, 1.54) is 0 Å². The second kappa shape index (κ2) is 7.63. The van der Waals surface area contributed by atoms with Crippen LogP contribution in [0.1, 0.15) is 12.8 Å². The van der Waals surface area contributed by atoms with Gasteiger partial charge < -0.3 is 9.84 Å². The van der Waals surface area contributed by atoms with Crippen molar-refractivity contribution in [2.75, 3.05) is 6.61 Å². The lowest BCUT2D eigenvalue weighted by atomic mass is 10.2. The third-order valence-electron chi connectivity index (χ3n) is 4.22. The number of carboxylic acid groups (broad SMARTS) is 1. The SMILES string of the molecule is O=C(O)CCCOc1ccc2nc(-c3ccsc3)n(-c3ccccc3)c2c1. The van der Waals surface area contributed by atoms with Crippen molar-refractivity contribution < 1.29 is 14.6 Å². The fraction of sp³-hybridized carbons (Fsp3) is 0.143. The van der Waals surface area contributed by atoms with Gasteiger partial charge in [0.1, 0.15) is 11.6 Å². The van der Waals surface area contributed by atoms with Crippen molar-refractivity contribution in [2.45, 2.75) is 12.8 Å². The standard InChI is InChI=1S/C21H18N2O3S/c24-20(25)7-4-11-26-17-8-9-18-19(13-17)23(16-5-2-1-3-6-16)21(22-18)15-10-12-27-14-15/h1-3,5-6,8-10,12-14H,4,7,11H2,(H,24,25). The summed E-state index contributed by atoms with van der Waals surface area (Å²) in [7, 11) is 0. The molecule has 6 heteroatoms. The van der Waals surface area contributed by atoms with E-state index in [2.05, 4.69) is 28.1 Å². The Morgan fingerprint density at radius 1 is 1.15 bits per heavy atom. The lowest BCUT2D eigenvalue weighted by Crippen LogP contribution is -2.02. The molecule has 2 aromatic heterocycles. The van der Waals surface area contributed by atoms with Crippen LogP contribution in [0.3, 0.4) is 0 Å². The van der Waals surface area contributed by atoms with Gasteiger partial charge in [-0.2, -0.15) is 11.3 Å². The molecule has 0 unspecified atom stereocenters. The van der Waals surface area contributed by atoms with E-state index >= 15 is 0 Å². The molecule has 0 saturated heterocycles. The molecule has 0 spiro atoms. The molecule has 0 aliphatic rings. The Labute approximate surface area is 160 Å². The summed E-state index contributed by atoms with van der Waals surface area (Å²) >= 11 is 1.64. The van der Waals surface area contributed by atoms with Crippen LogP contribution in [0.5, 0.6) is 5.75 Å². The maximum Gasteiger partial charge on any atom is 0.303 e. The highest BCUT2D eigenvalue weighted by atomic mass is 32.1. The van der Waals surface area contributed by atoms with Crippen LogP contribution in [-0.2, 0) is 4.79 Å². The van der Waals surface area contributed by atoms with Crippen LogP contribution in [0, 0.1) is 0 Å². The Bertz CT molecular complexity index is 1060. The number of hydrogen-bond donors (Lipinski definition) is 1. The zero-order valence-corrected chi connectivity index (χ0v) is 15.4. The van der Waals surface area contributed by atoms with E-state index in [1.807, 2.05) is 41.8 Å². The zero-order chi connectivity index (χ0) is 18.6. The number of nitrogens with zero attached hydrogens (tertiary/aromatic N) is 2. The Kier molecular flexibility index (Phi) is 4.89. The zero-order valence-electron chi connectivity index (χ0n) is 14.5. The molecule has 0 amide bonds. The van der Waals surface area contributed by atoms with E-state index in [9.17, 15) is 4.79 Å². The molecular formula is C21H18N2O3S. The molecule has 136 valence electrons. The van der Waals surface area contributed by atoms with Crippen LogP contribution in [-0.4, -0.2) is 27.2 Å². The van der Waals surface area contributed by atoms with Gasteiger partial charge in [-0.15, -0.1) is 0 Å². The summed E-state index contributed by atoms with van der Waals surface area (Å²) in [6.07, 6.45) is 0.581. The topological polar surface area (TPSA) is 64.3 Å². The predicted octanol–water partition coefficient (Wildman–Crippen LogP) is 5.00. The molecule has 0 radical (unpaired) electrons. The Morgan fingerprint density at radius 3 is 2.74 bits per heavy atom. The van der Waals surface area contributed by atoms with Crippen LogP contribution in [0.15, 0.2) is 65.4 Å². The maximum atomic E-state index is 10.6. The minimum atomic E-state index is -0.809. The summed E-state index contributed by atoms with van der Waals surface area (Å²) in [5.41, 5.74) is 3.95. The van der Waals surface area contributed by atoms with Crippen molar-refractivity contribution in [1.29, 1.82) is 0 Å². The summed E-state index contributed by atoms with van der Waals surface area (Å²) in [6, 6.07) is 18.0. The van der Waals surface area contributed by atoms with Gasteiger partial charge in [-0.1, -0.05) is 18.2 Å². The minimum Gasteiger partial charge on any atom is -0.494 e.